The molecule has 1 saturated carbocycles. The number of nitrogens with one attached hydrogen (secondary N) is 2. The fraction of sp³-hybridized carbons (Fsp3) is 0.294. The van der Waals surface area contributed by atoms with Crippen molar-refractivity contribution in [2.45, 2.75) is 24.8 Å². The van der Waals surface area contributed by atoms with Gasteiger partial charge in [0.2, 0.25) is 5.91 Å². The number of amides is 2. The Bertz CT molecular complexity index is 724. The van der Waals surface area contributed by atoms with Crippen LogP contribution in [0.5, 0.6) is 0 Å². The van der Waals surface area contributed by atoms with E-state index in [9.17, 15) is 9.59 Å². The molecule has 0 aromatic rings. The number of likely N-dealkylation sites (N-methyl/N-ethyl adjacent to an activating group) is 1. The van der Waals surface area contributed by atoms with Crippen LogP contribution in [0.4, 0.5) is 0 Å². The highest BCUT2D eigenvalue weighted by Crippen LogP contribution is 2.51. The van der Waals surface area contributed by atoms with E-state index in [-0.39, 0.29) is 11.8 Å². The maximum atomic E-state index is 12.6. The summed E-state index contributed by atoms with van der Waals surface area (Å²) >= 11 is 0. The fourth-order valence-electron chi connectivity index (χ4n) is 3.36. The molecule has 0 atom stereocenters. The van der Waals surface area contributed by atoms with E-state index < -0.39 is 5.54 Å². The van der Waals surface area contributed by atoms with Crippen LogP contribution in [0.3, 0.4) is 0 Å². The third-order valence-electron chi connectivity index (χ3n) is 4.63. The van der Waals surface area contributed by atoms with Crippen LogP contribution in [-0.2, 0) is 9.59 Å². The van der Waals surface area contributed by atoms with Crippen molar-refractivity contribution in [3.63, 3.8) is 0 Å². The van der Waals surface area contributed by atoms with E-state index in [0.29, 0.717) is 18.4 Å². The molecule has 2 amide bonds. The van der Waals surface area contributed by atoms with Crippen molar-refractivity contribution in [1.29, 1.82) is 0 Å². The lowest BCUT2D eigenvalue weighted by Gasteiger charge is -2.28. The van der Waals surface area contributed by atoms with Gasteiger partial charge in [-0.05, 0) is 53.7 Å². The minimum Gasteiger partial charge on any atom is -0.357 e. The molecule has 4 nitrogen and oxygen atoms in total. The maximum Gasteiger partial charge on any atom is 0.252 e. The zero-order chi connectivity index (χ0) is 14.6. The Morgan fingerprint density at radius 2 is 1.90 bits per heavy atom. The summed E-state index contributed by atoms with van der Waals surface area (Å²) in [6, 6.07) is 0. The number of hydrogen-bond acceptors (Lipinski definition) is 2. The van der Waals surface area contributed by atoms with Crippen LogP contribution in [0.15, 0.2) is 58.2 Å². The lowest BCUT2D eigenvalue weighted by molar-refractivity contribution is -0.131. The summed E-state index contributed by atoms with van der Waals surface area (Å²) in [6.07, 6.45) is 12.0. The highest BCUT2D eigenvalue weighted by atomic mass is 16.2. The molecule has 106 valence electrons. The molecule has 0 radical (unpaired) electrons. The highest BCUT2D eigenvalue weighted by Gasteiger charge is 2.41. The molecule has 1 fully saturated rings. The minimum atomic E-state index is -0.836. The normalized spacial score (nSPS) is 23.2. The van der Waals surface area contributed by atoms with Crippen molar-refractivity contribution in [2.75, 3.05) is 7.05 Å². The highest BCUT2D eigenvalue weighted by molar-refractivity contribution is 6.04. The first kappa shape index (κ1) is 12.4. The van der Waals surface area contributed by atoms with Crippen molar-refractivity contribution >= 4 is 11.8 Å². The van der Waals surface area contributed by atoms with Gasteiger partial charge in [-0.2, -0.15) is 0 Å². The summed E-state index contributed by atoms with van der Waals surface area (Å²) in [7, 11) is 1.60. The predicted molar refractivity (Wildman–Crippen MR) is 79.2 cm³/mol. The molecule has 2 N–H and O–H groups in total. The molecule has 4 rings (SSSR count). The Hall–Kier alpha value is -2.36. The van der Waals surface area contributed by atoms with Crippen molar-refractivity contribution in [3.8, 4) is 0 Å². The van der Waals surface area contributed by atoms with Gasteiger partial charge in [-0.25, -0.2) is 0 Å². The van der Waals surface area contributed by atoms with Gasteiger partial charge in [0.15, 0.2) is 0 Å². The second kappa shape index (κ2) is 4.07. The summed E-state index contributed by atoms with van der Waals surface area (Å²) in [6.45, 7) is 0. The van der Waals surface area contributed by atoms with E-state index in [4.69, 9.17) is 0 Å². The van der Waals surface area contributed by atoms with E-state index in [1.165, 1.54) is 16.7 Å². The lowest BCUT2D eigenvalue weighted by Crippen LogP contribution is -2.56. The summed E-state index contributed by atoms with van der Waals surface area (Å²) in [4.78, 5) is 24.8. The molecule has 0 unspecified atom stereocenters. The van der Waals surface area contributed by atoms with Gasteiger partial charge in [-0.3, -0.25) is 9.59 Å². The molecule has 0 saturated heterocycles. The molecule has 4 aliphatic carbocycles. The van der Waals surface area contributed by atoms with Crippen LogP contribution in [0.25, 0.3) is 0 Å². The van der Waals surface area contributed by atoms with Crippen LogP contribution < -0.4 is 10.6 Å². The molecule has 0 spiro atoms. The van der Waals surface area contributed by atoms with Gasteiger partial charge < -0.3 is 10.6 Å². The average Bonchev–Trinajstić information content (AvgIpc) is 2.86. The molecule has 0 aromatic carbocycles. The molecule has 4 aliphatic rings. The van der Waals surface area contributed by atoms with E-state index in [2.05, 4.69) is 16.7 Å². The van der Waals surface area contributed by atoms with Crippen LogP contribution in [-0.4, -0.2) is 24.4 Å². The number of carbonyl (C=O) groups excluding carboxylic acids is 2. The van der Waals surface area contributed by atoms with E-state index in [0.717, 1.165) is 12.0 Å². The van der Waals surface area contributed by atoms with Gasteiger partial charge in [0.1, 0.15) is 5.54 Å². The first-order valence-electron chi connectivity index (χ1n) is 7.21. The molecule has 0 aliphatic heterocycles. The number of allylic oxidation sites excluding steroid dienone is 6. The first-order chi connectivity index (χ1) is 10.1. The topological polar surface area (TPSA) is 58.2 Å². The van der Waals surface area contributed by atoms with E-state index in [1.54, 1.807) is 7.05 Å². The standard InChI is InChI=1S/C17H16N2O2/c1-18-16(21)17(6-2-3-7-17)19-15(20)12-5-4-11-13-8-10(13)9-14(11)12/h2-5,9H,6-8H2,1H3,(H,18,21)(H,19,20). The summed E-state index contributed by atoms with van der Waals surface area (Å²) in [5.41, 5.74) is 4.76. The Labute approximate surface area is 123 Å². The molecule has 21 heavy (non-hydrogen) atoms. The zero-order valence-corrected chi connectivity index (χ0v) is 11.8. The number of hydrogen-bond donors (Lipinski definition) is 2. The van der Waals surface area contributed by atoms with Gasteiger partial charge >= 0.3 is 0 Å². The van der Waals surface area contributed by atoms with Crippen molar-refractivity contribution in [3.05, 3.63) is 58.2 Å². The number of fused-ring (bicyclic) bond motifs is 2. The van der Waals surface area contributed by atoms with Gasteiger partial charge in [0, 0.05) is 12.6 Å². The summed E-state index contributed by atoms with van der Waals surface area (Å²) < 4.78 is 0. The second-order valence-corrected chi connectivity index (χ2v) is 5.89. The fourth-order valence-corrected chi connectivity index (χ4v) is 3.36. The SMILES string of the molecule is CNC(=O)C1(NC(=O)C2=C3C=C4CC4=C3C=C2)CC=CC1. The van der Waals surface area contributed by atoms with Gasteiger partial charge in [-0.1, -0.05) is 18.2 Å². The van der Waals surface area contributed by atoms with Crippen molar-refractivity contribution in [2.24, 2.45) is 0 Å². The minimum absolute atomic E-state index is 0.139. The van der Waals surface area contributed by atoms with Gasteiger partial charge in [-0.15, -0.1) is 0 Å². The van der Waals surface area contributed by atoms with Crippen molar-refractivity contribution < 1.29 is 9.59 Å². The van der Waals surface area contributed by atoms with Crippen LogP contribution >= 0.6 is 0 Å². The maximum absolute atomic E-state index is 12.6. The van der Waals surface area contributed by atoms with E-state index >= 15 is 0 Å². The predicted octanol–water partition coefficient (Wildman–Crippen LogP) is 1.44. The number of rotatable bonds is 3. The van der Waals surface area contributed by atoms with Gasteiger partial charge in [0.25, 0.3) is 5.91 Å². The van der Waals surface area contributed by atoms with Crippen molar-refractivity contribution in [1.82, 2.24) is 10.6 Å². The molecular formula is C17H16N2O2. The molecule has 0 bridgehead atoms. The quantitative estimate of drug-likeness (QED) is 0.769. The Balaban J connectivity index is 1.61. The Morgan fingerprint density at radius 1 is 1.14 bits per heavy atom. The second-order valence-electron chi connectivity index (χ2n) is 5.89. The largest absolute Gasteiger partial charge is 0.357 e. The first-order valence-corrected chi connectivity index (χ1v) is 7.21. The number of carbonyl (C=O) groups is 2. The third kappa shape index (κ3) is 1.68. The lowest BCUT2D eigenvalue weighted by atomic mass is 9.94. The summed E-state index contributed by atoms with van der Waals surface area (Å²) in [5.74, 6) is -0.304. The monoisotopic (exact) mass is 280 g/mol. The zero-order valence-electron chi connectivity index (χ0n) is 11.8. The van der Waals surface area contributed by atoms with Gasteiger partial charge in [0.05, 0.1) is 0 Å². The molecular weight excluding hydrogens is 264 g/mol. The molecule has 0 heterocycles. The van der Waals surface area contributed by atoms with Crippen LogP contribution in [0, 0.1) is 0 Å². The van der Waals surface area contributed by atoms with E-state index in [1.807, 2.05) is 24.3 Å². The smallest absolute Gasteiger partial charge is 0.252 e. The van der Waals surface area contributed by atoms with Crippen LogP contribution in [0.2, 0.25) is 0 Å². The third-order valence-corrected chi connectivity index (χ3v) is 4.63. The Kier molecular flexibility index (Phi) is 2.40. The summed E-state index contributed by atoms with van der Waals surface area (Å²) in [5, 5.41) is 5.61. The Morgan fingerprint density at radius 3 is 2.62 bits per heavy atom. The molecule has 0 aromatic heterocycles. The van der Waals surface area contributed by atoms with Crippen LogP contribution in [0.1, 0.15) is 19.3 Å². The average molecular weight is 280 g/mol. The molecule has 4 heteroatoms.